The Kier molecular flexibility index (Phi) is 5.98. The monoisotopic (exact) mass is 347 g/mol. The first-order valence-electron chi connectivity index (χ1n) is 7.97. The van der Waals surface area contributed by atoms with Gasteiger partial charge in [0.05, 0.1) is 16.4 Å². The van der Waals surface area contributed by atoms with Gasteiger partial charge < -0.3 is 16.8 Å². The Morgan fingerprint density at radius 2 is 2.00 bits per heavy atom. The van der Waals surface area contributed by atoms with Crippen LogP contribution in [0.4, 0.5) is 17.5 Å². The molecule has 6 nitrogen and oxygen atoms in total. The summed E-state index contributed by atoms with van der Waals surface area (Å²) in [6.45, 7) is 4.01. The van der Waals surface area contributed by atoms with Gasteiger partial charge in [-0.05, 0) is 30.5 Å². The van der Waals surface area contributed by atoms with Crippen molar-refractivity contribution in [2.24, 2.45) is 0 Å². The number of aryl methyl sites for hydroxylation is 1. The van der Waals surface area contributed by atoms with Crippen LogP contribution < -0.4 is 16.8 Å². The zero-order valence-electron chi connectivity index (χ0n) is 13.9. The largest absolute Gasteiger partial charge is 0.383 e. The Morgan fingerprint density at radius 1 is 1.25 bits per heavy atom. The summed E-state index contributed by atoms with van der Waals surface area (Å²) in [7, 11) is 0. The zero-order chi connectivity index (χ0) is 17.7. The molecule has 1 amide bonds. The van der Waals surface area contributed by atoms with E-state index in [1.165, 1.54) is 0 Å². The van der Waals surface area contributed by atoms with Gasteiger partial charge >= 0.3 is 0 Å². The van der Waals surface area contributed by atoms with Crippen molar-refractivity contribution in [1.82, 2.24) is 9.97 Å². The number of carbonyl (C=O) groups is 1. The number of unbranched alkanes of at least 4 members (excludes halogenated alkanes) is 1. The molecule has 0 radical (unpaired) electrons. The molecule has 0 bridgehead atoms. The SMILES string of the molecule is CCCCC(=O)Nc1cc(-c2c(N)nc(N)nc2CC)ccc1Cl. The molecular formula is C17H22ClN5O. The summed E-state index contributed by atoms with van der Waals surface area (Å²) in [5.41, 5.74) is 14.5. The van der Waals surface area contributed by atoms with E-state index in [1.807, 2.05) is 19.9 Å². The first kappa shape index (κ1) is 18.0. The molecule has 0 saturated heterocycles. The third-order valence-electron chi connectivity index (χ3n) is 3.65. The maximum absolute atomic E-state index is 12.0. The lowest BCUT2D eigenvalue weighted by Crippen LogP contribution is -2.11. The Balaban J connectivity index is 2.40. The molecule has 2 rings (SSSR count). The summed E-state index contributed by atoms with van der Waals surface area (Å²) in [6.07, 6.45) is 2.92. The molecule has 1 aromatic heterocycles. The number of benzene rings is 1. The predicted octanol–water partition coefficient (Wildman–Crippen LogP) is 3.65. The summed E-state index contributed by atoms with van der Waals surface area (Å²) >= 11 is 6.20. The molecule has 128 valence electrons. The molecule has 2 aromatic rings. The van der Waals surface area contributed by atoms with E-state index >= 15 is 0 Å². The summed E-state index contributed by atoms with van der Waals surface area (Å²) < 4.78 is 0. The highest BCUT2D eigenvalue weighted by Crippen LogP contribution is 2.33. The van der Waals surface area contributed by atoms with E-state index in [1.54, 1.807) is 12.1 Å². The molecule has 0 spiro atoms. The number of amides is 1. The van der Waals surface area contributed by atoms with Crippen LogP contribution in [-0.4, -0.2) is 15.9 Å². The minimum atomic E-state index is -0.0619. The maximum atomic E-state index is 12.0. The average molecular weight is 348 g/mol. The summed E-state index contributed by atoms with van der Waals surface area (Å²) in [4.78, 5) is 20.3. The molecule has 5 N–H and O–H groups in total. The van der Waals surface area contributed by atoms with Gasteiger partial charge in [-0.15, -0.1) is 0 Å². The molecule has 1 heterocycles. The van der Waals surface area contributed by atoms with E-state index in [-0.39, 0.29) is 11.9 Å². The van der Waals surface area contributed by atoms with Crippen LogP contribution in [-0.2, 0) is 11.2 Å². The number of nitrogens with one attached hydrogen (secondary N) is 1. The number of aromatic nitrogens is 2. The Morgan fingerprint density at radius 3 is 2.67 bits per heavy atom. The quantitative estimate of drug-likeness (QED) is 0.739. The normalized spacial score (nSPS) is 10.6. The van der Waals surface area contributed by atoms with Crippen LogP contribution >= 0.6 is 11.6 Å². The van der Waals surface area contributed by atoms with Gasteiger partial charge in [0.1, 0.15) is 5.82 Å². The number of anilines is 3. The smallest absolute Gasteiger partial charge is 0.224 e. The second kappa shape index (κ2) is 7.97. The molecule has 0 saturated carbocycles. The maximum Gasteiger partial charge on any atom is 0.224 e. The topological polar surface area (TPSA) is 107 Å². The summed E-state index contributed by atoms with van der Waals surface area (Å²) in [5, 5.41) is 3.32. The van der Waals surface area contributed by atoms with Crippen LogP contribution in [0.25, 0.3) is 11.1 Å². The predicted molar refractivity (Wildman–Crippen MR) is 98.8 cm³/mol. The van der Waals surface area contributed by atoms with Crippen LogP contribution in [0.3, 0.4) is 0 Å². The molecule has 0 fully saturated rings. The molecular weight excluding hydrogens is 326 g/mol. The number of nitrogen functional groups attached to an aromatic ring is 2. The number of rotatable bonds is 6. The molecule has 0 aliphatic carbocycles. The van der Waals surface area contributed by atoms with Crippen molar-refractivity contribution >= 4 is 35.0 Å². The molecule has 0 unspecified atom stereocenters. The van der Waals surface area contributed by atoms with E-state index in [9.17, 15) is 4.79 Å². The number of carbonyl (C=O) groups excluding carboxylic acids is 1. The fourth-order valence-electron chi connectivity index (χ4n) is 2.44. The van der Waals surface area contributed by atoms with Crippen LogP contribution in [0.2, 0.25) is 5.02 Å². The second-order valence-electron chi connectivity index (χ2n) is 5.49. The van der Waals surface area contributed by atoms with Gasteiger partial charge in [0.2, 0.25) is 11.9 Å². The molecule has 0 aliphatic rings. The minimum Gasteiger partial charge on any atom is -0.383 e. The van der Waals surface area contributed by atoms with Crippen molar-refractivity contribution in [2.75, 3.05) is 16.8 Å². The highest BCUT2D eigenvalue weighted by molar-refractivity contribution is 6.33. The zero-order valence-corrected chi connectivity index (χ0v) is 14.7. The lowest BCUT2D eigenvalue weighted by atomic mass is 10.0. The van der Waals surface area contributed by atoms with Crippen molar-refractivity contribution in [3.8, 4) is 11.1 Å². The van der Waals surface area contributed by atoms with Crippen molar-refractivity contribution in [3.05, 3.63) is 28.9 Å². The Labute approximate surface area is 146 Å². The first-order chi connectivity index (χ1) is 11.5. The molecule has 7 heteroatoms. The lowest BCUT2D eigenvalue weighted by Gasteiger charge is -2.13. The number of nitrogens with zero attached hydrogens (tertiary/aromatic N) is 2. The van der Waals surface area contributed by atoms with Gasteiger partial charge in [-0.25, -0.2) is 4.98 Å². The van der Waals surface area contributed by atoms with Crippen molar-refractivity contribution in [1.29, 1.82) is 0 Å². The van der Waals surface area contributed by atoms with Gasteiger partial charge in [-0.3, -0.25) is 4.79 Å². The van der Waals surface area contributed by atoms with E-state index in [0.717, 1.165) is 24.1 Å². The van der Waals surface area contributed by atoms with Crippen molar-refractivity contribution in [2.45, 2.75) is 39.5 Å². The molecule has 0 atom stereocenters. The molecule has 24 heavy (non-hydrogen) atoms. The van der Waals surface area contributed by atoms with E-state index in [4.69, 9.17) is 23.1 Å². The number of halogens is 1. The average Bonchev–Trinajstić information content (AvgIpc) is 2.54. The summed E-state index contributed by atoms with van der Waals surface area (Å²) in [5.74, 6) is 0.397. The Bertz CT molecular complexity index is 748. The molecule has 0 aliphatic heterocycles. The number of hydrogen-bond donors (Lipinski definition) is 3. The van der Waals surface area contributed by atoms with Crippen LogP contribution in [0.1, 0.15) is 38.8 Å². The fraction of sp³-hybridized carbons (Fsp3) is 0.353. The van der Waals surface area contributed by atoms with E-state index in [0.29, 0.717) is 34.9 Å². The first-order valence-corrected chi connectivity index (χ1v) is 8.35. The fourth-order valence-corrected chi connectivity index (χ4v) is 2.61. The van der Waals surface area contributed by atoms with Crippen LogP contribution in [0.15, 0.2) is 18.2 Å². The van der Waals surface area contributed by atoms with E-state index < -0.39 is 0 Å². The standard InChI is InChI=1S/C17H22ClN5O/c1-3-5-6-14(24)21-13-9-10(7-8-11(13)18)15-12(4-2)22-17(20)23-16(15)19/h7-9H,3-6H2,1-2H3,(H,21,24)(H4,19,20,22,23). The lowest BCUT2D eigenvalue weighted by molar-refractivity contribution is -0.116. The van der Waals surface area contributed by atoms with Gasteiger partial charge in [-0.1, -0.05) is 37.9 Å². The minimum absolute atomic E-state index is 0.0619. The number of nitrogens with two attached hydrogens (primary N) is 2. The Hall–Kier alpha value is -2.34. The van der Waals surface area contributed by atoms with Crippen LogP contribution in [0.5, 0.6) is 0 Å². The third kappa shape index (κ3) is 4.14. The number of hydrogen-bond acceptors (Lipinski definition) is 5. The highest BCUT2D eigenvalue weighted by Gasteiger charge is 2.15. The van der Waals surface area contributed by atoms with Crippen molar-refractivity contribution < 1.29 is 4.79 Å². The van der Waals surface area contributed by atoms with Gasteiger partial charge in [-0.2, -0.15) is 4.98 Å². The highest BCUT2D eigenvalue weighted by atomic mass is 35.5. The van der Waals surface area contributed by atoms with Gasteiger partial charge in [0.25, 0.3) is 0 Å². The van der Waals surface area contributed by atoms with Crippen LogP contribution in [0, 0.1) is 0 Å². The van der Waals surface area contributed by atoms with Crippen molar-refractivity contribution in [3.63, 3.8) is 0 Å². The van der Waals surface area contributed by atoms with E-state index in [2.05, 4.69) is 15.3 Å². The third-order valence-corrected chi connectivity index (χ3v) is 3.98. The molecule has 1 aromatic carbocycles. The second-order valence-corrected chi connectivity index (χ2v) is 5.90. The van der Waals surface area contributed by atoms with Gasteiger partial charge in [0.15, 0.2) is 0 Å². The van der Waals surface area contributed by atoms with Gasteiger partial charge in [0, 0.05) is 12.0 Å². The summed E-state index contributed by atoms with van der Waals surface area (Å²) in [6, 6.07) is 5.34.